The third-order valence-corrected chi connectivity index (χ3v) is 3.34. The summed E-state index contributed by atoms with van der Waals surface area (Å²) in [5.41, 5.74) is 3.10. The molecule has 4 heteroatoms. The van der Waals surface area contributed by atoms with E-state index in [9.17, 15) is 0 Å². The molecule has 1 N–H and O–H groups in total. The zero-order valence-corrected chi connectivity index (χ0v) is 12.0. The lowest BCUT2D eigenvalue weighted by Crippen LogP contribution is -1.96. The van der Waals surface area contributed by atoms with Gasteiger partial charge >= 0.3 is 0 Å². The molecule has 0 atom stereocenters. The first-order valence-electron chi connectivity index (χ1n) is 5.96. The number of benzene rings is 1. The van der Waals surface area contributed by atoms with Crippen LogP contribution in [0.5, 0.6) is 0 Å². The van der Waals surface area contributed by atoms with Gasteiger partial charge in [-0.15, -0.1) is 0 Å². The summed E-state index contributed by atoms with van der Waals surface area (Å²) < 4.78 is 0.985. The van der Waals surface area contributed by atoms with Gasteiger partial charge in [-0.05, 0) is 58.7 Å². The monoisotopic (exact) mass is 313 g/mol. The highest BCUT2D eigenvalue weighted by atomic mass is 79.9. The maximum Gasteiger partial charge on any atom is 0.133 e. The molecule has 0 bridgehead atoms. The van der Waals surface area contributed by atoms with E-state index in [1.54, 1.807) is 12.4 Å². The van der Waals surface area contributed by atoms with Crippen LogP contribution >= 0.6 is 15.9 Å². The molecule has 0 aliphatic carbocycles. The Kier molecular flexibility index (Phi) is 3.17. The number of nitrogens with zero attached hydrogens (tertiary/aromatic N) is 2. The Balaban J connectivity index is 1.96. The minimum atomic E-state index is 0.867. The van der Waals surface area contributed by atoms with Crippen LogP contribution in [0.15, 0.2) is 53.3 Å². The summed E-state index contributed by atoms with van der Waals surface area (Å²) in [6.07, 6.45) is 3.59. The highest BCUT2D eigenvalue weighted by Gasteiger charge is 2.02. The summed E-state index contributed by atoms with van der Waals surface area (Å²) in [5.74, 6) is 0.867. The summed E-state index contributed by atoms with van der Waals surface area (Å²) >= 11 is 3.42. The second-order valence-electron chi connectivity index (χ2n) is 4.35. The molecular weight excluding hydrogens is 302 g/mol. The van der Waals surface area contributed by atoms with Gasteiger partial charge in [-0.1, -0.05) is 6.07 Å². The SMILES string of the molecule is Cc1cc(Br)cnc1Nc1ccc2ncccc2c1. The van der Waals surface area contributed by atoms with Crippen LogP contribution in [-0.2, 0) is 0 Å². The number of aryl methyl sites for hydroxylation is 1. The van der Waals surface area contributed by atoms with Crippen molar-refractivity contribution in [2.24, 2.45) is 0 Å². The maximum absolute atomic E-state index is 4.38. The van der Waals surface area contributed by atoms with Crippen molar-refractivity contribution in [1.82, 2.24) is 9.97 Å². The summed E-state index contributed by atoms with van der Waals surface area (Å²) in [6, 6.07) is 12.1. The maximum atomic E-state index is 4.38. The van der Waals surface area contributed by atoms with Crippen LogP contribution in [0, 0.1) is 6.92 Å². The van der Waals surface area contributed by atoms with Crippen LogP contribution in [0.2, 0.25) is 0 Å². The Labute approximate surface area is 119 Å². The van der Waals surface area contributed by atoms with Crippen molar-refractivity contribution in [1.29, 1.82) is 0 Å². The van der Waals surface area contributed by atoms with E-state index in [4.69, 9.17) is 0 Å². The Morgan fingerprint density at radius 2 is 2.00 bits per heavy atom. The predicted molar refractivity (Wildman–Crippen MR) is 81.7 cm³/mol. The molecule has 3 aromatic rings. The fraction of sp³-hybridized carbons (Fsp3) is 0.0667. The molecule has 0 amide bonds. The summed E-state index contributed by atoms with van der Waals surface area (Å²) in [6.45, 7) is 2.03. The number of anilines is 2. The van der Waals surface area contributed by atoms with Crippen molar-refractivity contribution in [2.75, 3.05) is 5.32 Å². The molecule has 3 nitrogen and oxygen atoms in total. The number of aromatic nitrogens is 2. The number of fused-ring (bicyclic) bond motifs is 1. The van der Waals surface area contributed by atoms with Crippen LogP contribution in [-0.4, -0.2) is 9.97 Å². The lowest BCUT2D eigenvalue weighted by atomic mass is 10.2. The molecule has 94 valence electrons. The second kappa shape index (κ2) is 4.97. The van der Waals surface area contributed by atoms with Gasteiger partial charge in [-0.2, -0.15) is 0 Å². The molecule has 0 unspecified atom stereocenters. The molecule has 3 rings (SSSR count). The van der Waals surface area contributed by atoms with E-state index in [1.807, 2.05) is 31.2 Å². The van der Waals surface area contributed by atoms with Crippen molar-refractivity contribution >= 4 is 38.3 Å². The molecule has 2 aromatic heterocycles. The van der Waals surface area contributed by atoms with E-state index in [-0.39, 0.29) is 0 Å². The molecule has 1 aromatic carbocycles. The molecular formula is C15H12BrN3. The molecule has 0 spiro atoms. The summed E-state index contributed by atoms with van der Waals surface area (Å²) in [5, 5.41) is 4.45. The Hall–Kier alpha value is -1.94. The highest BCUT2D eigenvalue weighted by molar-refractivity contribution is 9.10. The highest BCUT2D eigenvalue weighted by Crippen LogP contribution is 2.23. The van der Waals surface area contributed by atoms with Crippen molar-refractivity contribution in [3.63, 3.8) is 0 Å². The molecule has 19 heavy (non-hydrogen) atoms. The minimum Gasteiger partial charge on any atom is -0.340 e. The third kappa shape index (κ3) is 2.58. The normalized spacial score (nSPS) is 10.6. The second-order valence-corrected chi connectivity index (χ2v) is 5.27. The van der Waals surface area contributed by atoms with Crippen LogP contribution in [0.1, 0.15) is 5.56 Å². The van der Waals surface area contributed by atoms with Gasteiger partial charge in [0.05, 0.1) is 5.52 Å². The lowest BCUT2D eigenvalue weighted by molar-refractivity contribution is 1.24. The predicted octanol–water partition coefficient (Wildman–Crippen LogP) is 4.44. The quantitative estimate of drug-likeness (QED) is 0.759. The number of hydrogen-bond acceptors (Lipinski definition) is 3. The zero-order valence-electron chi connectivity index (χ0n) is 10.4. The number of hydrogen-bond donors (Lipinski definition) is 1. The van der Waals surface area contributed by atoms with Gasteiger partial charge in [0.2, 0.25) is 0 Å². The van der Waals surface area contributed by atoms with E-state index in [0.29, 0.717) is 0 Å². The number of rotatable bonds is 2. The standard InChI is InChI=1S/C15H12BrN3/c1-10-7-12(16)9-18-15(10)19-13-4-5-14-11(8-13)3-2-6-17-14/h2-9H,1H3,(H,18,19). The average Bonchev–Trinajstić information content (AvgIpc) is 2.42. The van der Waals surface area contributed by atoms with Gasteiger partial charge in [0.15, 0.2) is 0 Å². The molecule has 2 heterocycles. The molecule has 0 radical (unpaired) electrons. The van der Waals surface area contributed by atoms with Crippen LogP contribution in [0.25, 0.3) is 10.9 Å². The van der Waals surface area contributed by atoms with Crippen LogP contribution in [0.3, 0.4) is 0 Å². The van der Waals surface area contributed by atoms with Crippen molar-refractivity contribution in [3.8, 4) is 0 Å². The first kappa shape index (κ1) is 12.1. The zero-order chi connectivity index (χ0) is 13.2. The van der Waals surface area contributed by atoms with Gasteiger partial charge in [0.1, 0.15) is 5.82 Å². The number of nitrogens with one attached hydrogen (secondary N) is 1. The molecule has 0 aliphatic heterocycles. The summed E-state index contributed by atoms with van der Waals surface area (Å²) in [7, 11) is 0. The van der Waals surface area contributed by atoms with Gasteiger partial charge in [0, 0.05) is 27.9 Å². The van der Waals surface area contributed by atoms with Crippen molar-refractivity contribution < 1.29 is 0 Å². The number of halogens is 1. The number of pyridine rings is 2. The van der Waals surface area contributed by atoms with E-state index in [2.05, 4.69) is 43.3 Å². The van der Waals surface area contributed by atoms with Crippen molar-refractivity contribution in [3.05, 3.63) is 58.8 Å². The first-order valence-corrected chi connectivity index (χ1v) is 6.75. The van der Waals surface area contributed by atoms with E-state index < -0.39 is 0 Å². The Bertz CT molecular complexity index is 740. The smallest absolute Gasteiger partial charge is 0.133 e. The Morgan fingerprint density at radius 3 is 2.84 bits per heavy atom. The van der Waals surface area contributed by atoms with E-state index in [0.717, 1.165) is 32.4 Å². The third-order valence-electron chi connectivity index (χ3n) is 2.91. The van der Waals surface area contributed by atoms with E-state index in [1.165, 1.54) is 0 Å². The first-order chi connectivity index (χ1) is 9.22. The van der Waals surface area contributed by atoms with E-state index >= 15 is 0 Å². The van der Waals surface area contributed by atoms with Crippen LogP contribution < -0.4 is 5.32 Å². The van der Waals surface area contributed by atoms with Crippen LogP contribution in [0.4, 0.5) is 11.5 Å². The molecule has 0 aliphatic rings. The molecule has 0 fully saturated rings. The van der Waals surface area contributed by atoms with Gasteiger partial charge < -0.3 is 5.32 Å². The fourth-order valence-electron chi connectivity index (χ4n) is 1.96. The Morgan fingerprint density at radius 1 is 1.11 bits per heavy atom. The lowest BCUT2D eigenvalue weighted by Gasteiger charge is -2.09. The van der Waals surface area contributed by atoms with Gasteiger partial charge in [0.25, 0.3) is 0 Å². The largest absolute Gasteiger partial charge is 0.340 e. The topological polar surface area (TPSA) is 37.8 Å². The molecule has 0 saturated carbocycles. The minimum absolute atomic E-state index is 0.867. The summed E-state index contributed by atoms with van der Waals surface area (Å²) in [4.78, 5) is 8.69. The average molecular weight is 314 g/mol. The van der Waals surface area contributed by atoms with Crippen molar-refractivity contribution in [2.45, 2.75) is 6.92 Å². The van der Waals surface area contributed by atoms with Gasteiger partial charge in [-0.3, -0.25) is 4.98 Å². The fourth-order valence-corrected chi connectivity index (χ4v) is 2.41. The van der Waals surface area contributed by atoms with Gasteiger partial charge in [-0.25, -0.2) is 4.98 Å². The molecule has 0 saturated heterocycles.